The van der Waals surface area contributed by atoms with E-state index in [9.17, 15) is 5.11 Å². The Labute approximate surface area is 182 Å². The second-order valence-corrected chi connectivity index (χ2v) is 8.24. The van der Waals surface area contributed by atoms with Crippen molar-refractivity contribution < 1.29 is 5.11 Å². The standard InChI is InChI=1S/C25H27N5O/c1-18-24(20-9-12-26-13-10-20)25-27-14-11-22(30(25)28-18)21-8-5-15-29(16-21)23(17-31)19-6-3-2-4-7-19/h2-4,6-7,9-14,21,23,31H,5,8,15-17H2,1H3/t21-,23+/m0/s1. The summed E-state index contributed by atoms with van der Waals surface area (Å²) in [4.78, 5) is 11.2. The largest absolute Gasteiger partial charge is 0.394 e. The molecule has 1 fully saturated rings. The lowest BCUT2D eigenvalue weighted by Gasteiger charge is -2.38. The second kappa shape index (κ2) is 8.57. The highest BCUT2D eigenvalue weighted by molar-refractivity contribution is 5.79. The summed E-state index contributed by atoms with van der Waals surface area (Å²) >= 11 is 0. The Bertz CT molecular complexity index is 1160. The third kappa shape index (κ3) is 3.73. The van der Waals surface area contributed by atoms with Crippen LogP contribution >= 0.6 is 0 Å². The van der Waals surface area contributed by atoms with Crippen LogP contribution in [0.1, 0.15) is 41.8 Å². The average Bonchev–Trinajstić information content (AvgIpc) is 3.17. The van der Waals surface area contributed by atoms with Crippen LogP contribution in [0.4, 0.5) is 0 Å². The SMILES string of the molecule is Cc1nn2c([C@H]3CCCN([C@H](CO)c4ccccc4)C3)ccnc2c1-c1ccncc1. The van der Waals surface area contributed by atoms with Gasteiger partial charge in [0.05, 0.1) is 24.0 Å². The van der Waals surface area contributed by atoms with Crippen LogP contribution in [0.3, 0.4) is 0 Å². The maximum atomic E-state index is 10.2. The Morgan fingerprint density at radius 3 is 2.65 bits per heavy atom. The predicted octanol–water partition coefficient (Wildman–Crippen LogP) is 4.01. The number of nitrogens with zero attached hydrogens (tertiary/aromatic N) is 5. The van der Waals surface area contributed by atoms with Crippen LogP contribution < -0.4 is 0 Å². The summed E-state index contributed by atoms with van der Waals surface area (Å²) < 4.78 is 2.02. The monoisotopic (exact) mass is 413 g/mol. The quantitative estimate of drug-likeness (QED) is 0.535. The van der Waals surface area contributed by atoms with Crippen LogP contribution in [0.25, 0.3) is 16.8 Å². The van der Waals surface area contributed by atoms with Gasteiger partial charge in [0.1, 0.15) is 0 Å². The fourth-order valence-electron chi connectivity index (χ4n) is 4.87. The van der Waals surface area contributed by atoms with Crippen molar-refractivity contribution in [1.29, 1.82) is 0 Å². The summed E-state index contributed by atoms with van der Waals surface area (Å²) in [7, 11) is 0. The zero-order chi connectivity index (χ0) is 21.2. The van der Waals surface area contributed by atoms with Crippen molar-refractivity contribution in [3.63, 3.8) is 0 Å². The number of rotatable bonds is 5. The number of aryl methyl sites for hydroxylation is 1. The first-order valence-corrected chi connectivity index (χ1v) is 10.9. The van der Waals surface area contributed by atoms with E-state index < -0.39 is 0 Å². The van der Waals surface area contributed by atoms with Gasteiger partial charge in [0.2, 0.25) is 0 Å². The smallest absolute Gasteiger partial charge is 0.163 e. The zero-order valence-electron chi connectivity index (χ0n) is 17.7. The van der Waals surface area contributed by atoms with Gasteiger partial charge in [-0.1, -0.05) is 30.3 Å². The van der Waals surface area contributed by atoms with Crippen LogP contribution in [0.15, 0.2) is 67.1 Å². The lowest BCUT2D eigenvalue weighted by atomic mass is 9.92. The summed E-state index contributed by atoms with van der Waals surface area (Å²) in [6.07, 6.45) is 7.71. The molecular weight excluding hydrogens is 386 g/mol. The molecule has 1 aliphatic rings. The van der Waals surface area contributed by atoms with Crippen LogP contribution in [-0.2, 0) is 0 Å². The summed E-state index contributed by atoms with van der Waals surface area (Å²) in [5.74, 6) is 0.335. The Hall–Kier alpha value is -3.09. The number of aliphatic hydroxyl groups excluding tert-OH is 1. The van der Waals surface area contributed by atoms with Crippen molar-refractivity contribution in [3.8, 4) is 11.1 Å². The van der Waals surface area contributed by atoms with Gasteiger partial charge in [-0.15, -0.1) is 0 Å². The van der Waals surface area contributed by atoms with Crippen molar-refractivity contribution in [3.05, 3.63) is 84.1 Å². The number of likely N-dealkylation sites (tertiary alicyclic amines) is 1. The fraction of sp³-hybridized carbons (Fsp3) is 0.320. The highest BCUT2D eigenvalue weighted by atomic mass is 16.3. The molecular formula is C25H27N5O. The molecule has 3 aromatic heterocycles. The minimum atomic E-state index is 0.0214. The van der Waals surface area contributed by atoms with Gasteiger partial charge < -0.3 is 5.11 Å². The van der Waals surface area contributed by atoms with E-state index in [4.69, 9.17) is 5.10 Å². The lowest BCUT2D eigenvalue weighted by Crippen LogP contribution is -2.39. The van der Waals surface area contributed by atoms with E-state index >= 15 is 0 Å². The van der Waals surface area contributed by atoms with Crippen molar-refractivity contribution in [2.24, 2.45) is 0 Å². The highest BCUT2D eigenvalue weighted by Crippen LogP contribution is 2.34. The van der Waals surface area contributed by atoms with Crippen LogP contribution in [0.5, 0.6) is 0 Å². The number of piperidine rings is 1. The number of aromatic nitrogens is 4. The van der Waals surface area contributed by atoms with Gasteiger partial charge in [-0.3, -0.25) is 9.88 Å². The van der Waals surface area contributed by atoms with Crippen LogP contribution in [0.2, 0.25) is 0 Å². The summed E-state index contributed by atoms with van der Waals surface area (Å²) in [5.41, 5.74) is 6.36. The Kier molecular flexibility index (Phi) is 5.49. The van der Waals surface area contributed by atoms with E-state index in [-0.39, 0.29) is 12.6 Å². The maximum absolute atomic E-state index is 10.2. The first kappa shape index (κ1) is 19.8. The molecule has 0 radical (unpaired) electrons. The topological polar surface area (TPSA) is 66.5 Å². The number of hydrogen-bond acceptors (Lipinski definition) is 5. The third-order valence-corrected chi connectivity index (χ3v) is 6.36. The van der Waals surface area contributed by atoms with E-state index in [0.717, 1.165) is 48.4 Å². The van der Waals surface area contributed by atoms with E-state index in [1.54, 1.807) is 12.4 Å². The highest BCUT2D eigenvalue weighted by Gasteiger charge is 2.29. The van der Waals surface area contributed by atoms with Gasteiger partial charge in [0, 0.05) is 36.6 Å². The number of fused-ring (bicyclic) bond motifs is 1. The molecule has 31 heavy (non-hydrogen) atoms. The molecule has 4 aromatic rings. The molecule has 0 spiro atoms. The summed E-state index contributed by atoms with van der Waals surface area (Å²) in [6.45, 7) is 4.04. The molecule has 158 valence electrons. The van der Waals surface area contributed by atoms with Gasteiger partial charge in [-0.2, -0.15) is 5.10 Å². The molecule has 1 aromatic carbocycles. The van der Waals surface area contributed by atoms with E-state index in [0.29, 0.717) is 5.92 Å². The first-order valence-electron chi connectivity index (χ1n) is 10.9. The zero-order valence-corrected chi connectivity index (χ0v) is 17.7. The van der Waals surface area contributed by atoms with Gasteiger partial charge in [0.25, 0.3) is 0 Å². The molecule has 4 heterocycles. The fourth-order valence-corrected chi connectivity index (χ4v) is 4.87. The second-order valence-electron chi connectivity index (χ2n) is 8.24. The van der Waals surface area contributed by atoms with Gasteiger partial charge >= 0.3 is 0 Å². The van der Waals surface area contributed by atoms with E-state index in [1.165, 1.54) is 11.3 Å². The number of aliphatic hydroxyl groups is 1. The average molecular weight is 414 g/mol. The molecule has 1 aliphatic heterocycles. The van der Waals surface area contributed by atoms with Crippen LogP contribution in [0, 0.1) is 6.92 Å². The minimum Gasteiger partial charge on any atom is -0.394 e. The molecule has 1 saturated heterocycles. The normalized spacial score (nSPS) is 18.3. The Morgan fingerprint density at radius 2 is 1.87 bits per heavy atom. The van der Waals surface area contributed by atoms with Crippen molar-refractivity contribution in [2.45, 2.75) is 31.7 Å². The molecule has 1 N–H and O–H groups in total. The molecule has 6 heteroatoms. The number of hydrogen-bond donors (Lipinski definition) is 1. The predicted molar refractivity (Wildman–Crippen MR) is 121 cm³/mol. The molecule has 0 bridgehead atoms. The first-order chi connectivity index (χ1) is 15.3. The van der Waals surface area contributed by atoms with Gasteiger partial charge in [0.15, 0.2) is 5.65 Å². The summed E-state index contributed by atoms with van der Waals surface area (Å²) in [5, 5.41) is 15.0. The third-order valence-electron chi connectivity index (χ3n) is 6.36. The molecule has 6 nitrogen and oxygen atoms in total. The molecule has 0 unspecified atom stereocenters. The van der Waals surface area contributed by atoms with Gasteiger partial charge in [-0.25, -0.2) is 9.50 Å². The minimum absolute atomic E-state index is 0.0214. The molecule has 2 atom stereocenters. The van der Waals surface area contributed by atoms with Crippen molar-refractivity contribution in [1.82, 2.24) is 24.5 Å². The molecule has 0 saturated carbocycles. The lowest BCUT2D eigenvalue weighted by molar-refractivity contribution is 0.0942. The molecule has 0 amide bonds. The van der Waals surface area contributed by atoms with E-state index in [2.05, 4.69) is 33.1 Å². The number of pyridine rings is 1. The molecule has 5 rings (SSSR count). The van der Waals surface area contributed by atoms with Crippen molar-refractivity contribution >= 4 is 5.65 Å². The number of benzene rings is 1. The Balaban J connectivity index is 1.50. The van der Waals surface area contributed by atoms with E-state index in [1.807, 2.05) is 48.0 Å². The maximum Gasteiger partial charge on any atom is 0.163 e. The van der Waals surface area contributed by atoms with Crippen LogP contribution in [-0.4, -0.2) is 49.3 Å². The van der Waals surface area contributed by atoms with Gasteiger partial charge in [-0.05, 0) is 55.6 Å². The Morgan fingerprint density at radius 1 is 1.06 bits per heavy atom. The summed E-state index contributed by atoms with van der Waals surface area (Å²) in [6, 6.07) is 16.4. The molecule has 0 aliphatic carbocycles. The van der Waals surface area contributed by atoms with Crippen molar-refractivity contribution in [2.75, 3.05) is 19.7 Å².